The van der Waals surface area contributed by atoms with Gasteiger partial charge in [0.2, 0.25) is 5.91 Å². The van der Waals surface area contributed by atoms with Gasteiger partial charge in [0, 0.05) is 29.5 Å². The molecule has 0 radical (unpaired) electrons. The van der Waals surface area contributed by atoms with Gasteiger partial charge in [0.15, 0.2) is 0 Å². The fourth-order valence-corrected chi connectivity index (χ4v) is 3.12. The number of benzene rings is 1. The summed E-state index contributed by atoms with van der Waals surface area (Å²) in [7, 11) is 0. The van der Waals surface area contributed by atoms with Crippen molar-refractivity contribution in [3.8, 4) is 0 Å². The first-order valence-corrected chi connectivity index (χ1v) is 8.16. The fraction of sp³-hybridized carbons (Fsp3) is 0.562. The molecule has 3 nitrogen and oxygen atoms in total. The number of halogens is 2. The summed E-state index contributed by atoms with van der Waals surface area (Å²) < 4.78 is 1.07. The van der Waals surface area contributed by atoms with Crippen LogP contribution in [-0.2, 0) is 11.2 Å². The molecule has 2 unspecified atom stereocenters. The number of nitrogens with two attached hydrogens (primary N) is 1. The molecule has 1 aromatic carbocycles. The number of nitrogens with zero attached hydrogens (tertiary/aromatic N) is 1. The highest BCUT2D eigenvalue weighted by atomic mass is 79.9. The SMILES string of the molecule is CC(N)C1CCCCN1C(=O)CCc1ccc(Br)cc1.Cl. The fourth-order valence-electron chi connectivity index (χ4n) is 2.86. The van der Waals surface area contributed by atoms with E-state index in [9.17, 15) is 4.79 Å². The molecule has 0 aliphatic carbocycles. The molecule has 0 spiro atoms. The smallest absolute Gasteiger partial charge is 0.223 e. The van der Waals surface area contributed by atoms with E-state index in [1.54, 1.807) is 0 Å². The zero-order valence-electron chi connectivity index (χ0n) is 12.4. The van der Waals surface area contributed by atoms with Gasteiger partial charge in [-0.3, -0.25) is 4.79 Å². The first-order valence-electron chi connectivity index (χ1n) is 7.37. The van der Waals surface area contributed by atoms with Crippen molar-refractivity contribution in [1.29, 1.82) is 0 Å². The second-order valence-corrected chi connectivity index (χ2v) is 6.55. The van der Waals surface area contributed by atoms with E-state index in [0.29, 0.717) is 6.42 Å². The van der Waals surface area contributed by atoms with Crippen LogP contribution in [-0.4, -0.2) is 29.4 Å². The minimum Gasteiger partial charge on any atom is -0.338 e. The summed E-state index contributed by atoms with van der Waals surface area (Å²) >= 11 is 3.42. The van der Waals surface area contributed by atoms with Gasteiger partial charge in [-0.1, -0.05) is 28.1 Å². The maximum atomic E-state index is 12.4. The van der Waals surface area contributed by atoms with Crippen molar-refractivity contribution in [2.75, 3.05) is 6.54 Å². The highest BCUT2D eigenvalue weighted by Gasteiger charge is 2.28. The minimum absolute atomic E-state index is 0. The summed E-state index contributed by atoms with van der Waals surface area (Å²) in [6.45, 7) is 2.87. The van der Waals surface area contributed by atoms with E-state index < -0.39 is 0 Å². The first-order chi connectivity index (χ1) is 9.58. The Labute approximate surface area is 141 Å². The Kier molecular flexibility index (Phi) is 7.71. The topological polar surface area (TPSA) is 46.3 Å². The molecule has 2 N–H and O–H groups in total. The van der Waals surface area contributed by atoms with Gasteiger partial charge in [-0.15, -0.1) is 12.4 Å². The molecule has 2 rings (SSSR count). The number of carbonyl (C=O) groups excluding carboxylic acids is 1. The van der Waals surface area contributed by atoms with Crippen LogP contribution in [0, 0.1) is 0 Å². The van der Waals surface area contributed by atoms with Gasteiger partial charge in [-0.25, -0.2) is 0 Å². The molecule has 0 saturated carbocycles. The number of likely N-dealkylation sites (tertiary alicyclic amines) is 1. The maximum absolute atomic E-state index is 12.4. The van der Waals surface area contributed by atoms with Crippen LogP contribution in [0.3, 0.4) is 0 Å². The summed E-state index contributed by atoms with van der Waals surface area (Å²) in [5.41, 5.74) is 7.22. The third-order valence-corrected chi connectivity index (χ3v) is 4.55. The largest absolute Gasteiger partial charge is 0.338 e. The van der Waals surface area contributed by atoms with Gasteiger partial charge in [0.25, 0.3) is 0 Å². The van der Waals surface area contributed by atoms with E-state index in [0.717, 1.165) is 30.3 Å². The zero-order valence-corrected chi connectivity index (χ0v) is 14.8. The molecule has 1 saturated heterocycles. The summed E-state index contributed by atoms with van der Waals surface area (Å²) in [6.07, 6.45) is 4.71. The van der Waals surface area contributed by atoms with Crippen molar-refractivity contribution >= 4 is 34.2 Å². The maximum Gasteiger partial charge on any atom is 0.223 e. The lowest BCUT2D eigenvalue weighted by molar-refractivity contribution is -0.135. The van der Waals surface area contributed by atoms with Crippen LogP contribution in [0.2, 0.25) is 0 Å². The lowest BCUT2D eigenvalue weighted by Crippen LogP contribution is -2.51. The average Bonchev–Trinajstić information content (AvgIpc) is 2.46. The van der Waals surface area contributed by atoms with E-state index in [4.69, 9.17) is 5.73 Å². The molecule has 1 heterocycles. The third kappa shape index (κ3) is 5.28. The predicted molar refractivity (Wildman–Crippen MR) is 92.7 cm³/mol. The predicted octanol–water partition coefficient (Wildman–Crippen LogP) is 3.53. The van der Waals surface area contributed by atoms with Gasteiger partial charge in [0.05, 0.1) is 0 Å². The summed E-state index contributed by atoms with van der Waals surface area (Å²) in [4.78, 5) is 14.4. The molecule has 2 atom stereocenters. The van der Waals surface area contributed by atoms with Gasteiger partial charge in [0.1, 0.15) is 0 Å². The number of piperidine rings is 1. The summed E-state index contributed by atoms with van der Waals surface area (Å²) in [5, 5.41) is 0. The van der Waals surface area contributed by atoms with Crippen molar-refractivity contribution in [2.45, 2.75) is 51.1 Å². The lowest BCUT2D eigenvalue weighted by Gasteiger charge is -2.38. The van der Waals surface area contributed by atoms with Gasteiger partial charge in [-0.05, 0) is 50.3 Å². The lowest BCUT2D eigenvalue weighted by atomic mass is 9.96. The van der Waals surface area contributed by atoms with Crippen molar-refractivity contribution in [1.82, 2.24) is 4.90 Å². The zero-order chi connectivity index (χ0) is 14.5. The molecular weight excluding hydrogens is 352 g/mol. The van der Waals surface area contributed by atoms with Crippen LogP contribution in [0.25, 0.3) is 0 Å². The van der Waals surface area contributed by atoms with E-state index in [1.165, 1.54) is 12.0 Å². The molecule has 21 heavy (non-hydrogen) atoms. The van der Waals surface area contributed by atoms with Crippen molar-refractivity contribution in [3.63, 3.8) is 0 Å². The number of rotatable bonds is 4. The Bertz CT molecular complexity index is 450. The van der Waals surface area contributed by atoms with E-state index in [1.807, 2.05) is 24.0 Å². The second kappa shape index (κ2) is 8.76. The van der Waals surface area contributed by atoms with Crippen LogP contribution in [0.4, 0.5) is 0 Å². The number of aryl methyl sites for hydroxylation is 1. The second-order valence-electron chi connectivity index (χ2n) is 5.64. The highest BCUT2D eigenvalue weighted by molar-refractivity contribution is 9.10. The van der Waals surface area contributed by atoms with Crippen LogP contribution in [0.15, 0.2) is 28.7 Å². The van der Waals surface area contributed by atoms with Gasteiger partial charge >= 0.3 is 0 Å². The van der Waals surface area contributed by atoms with Crippen molar-refractivity contribution < 1.29 is 4.79 Å². The standard InChI is InChI=1S/C16H23BrN2O.ClH/c1-12(18)15-4-2-3-11-19(15)16(20)10-7-13-5-8-14(17)9-6-13;/h5-6,8-9,12,15H,2-4,7,10-11,18H2,1H3;1H. The molecule has 1 aliphatic rings. The van der Waals surface area contributed by atoms with Crippen LogP contribution >= 0.6 is 28.3 Å². The van der Waals surface area contributed by atoms with E-state index in [-0.39, 0.29) is 30.4 Å². The Morgan fingerprint density at radius 2 is 2.05 bits per heavy atom. The molecule has 5 heteroatoms. The van der Waals surface area contributed by atoms with Crippen LogP contribution in [0.1, 0.15) is 38.2 Å². The number of hydrogen-bond donors (Lipinski definition) is 1. The average molecular weight is 376 g/mol. The monoisotopic (exact) mass is 374 g/mol. The Morgan fingerprint density at radius 3 is 2.67 bits per heavy atom. The van der Waals surface area contributed by atoms with E-state index in [2.05, 4.69) is 28.1 Å². The minimum atomic E-state index is 0. The highest BCUT2D eigenvalue weighted by Crippen LogP contribution is 2.20. The van der Waals surface area contributed by atoms with E-state index >= 15 is 0 Å². The van der Waals surface area contributed by atoms with Crippen molar-refractivity contribution in [2.24, 2.45) is 5.73 Å². The third-order valence-electron chi connectivity index (χ3n) is 4.02. The number of amides is 1. The number of hydrogen-bond acceptors (Lipinski definition) is 2. The molecule has 1 amide bonds. The quantitative estimate of drug-likeness (QED) is 0.875. The van der Waals surface area contributed by atoms with Gasteiger partial charge < -0.3 is 10.6 Å². The summed E-state index contributed by atoms with van der Waals surface area (Å²) in [5.74, 6) is 0.245. The Hall–Kier alpha value is -0.580. The molecule has 0 aromatic heterocycles. The van der Waals surface area contributed by atoms with Gasteiger partial charge in [-0.2, -0.15) is 0 Å². The van der Waals surface area contributed by atoms with Crippen molar-refractivity contribution in [3.05, 3.63) is 34.3 Å². The Balaban J connectivity index is 0.00000220. The molecule has 1 aromatic rings. The first kappa shape index (κ1) is 18.5. The molecule has 0 bridgehead atoms. The molecule has 118 valence electrons. The number of carbonyl (C=O) groups is 1. The Morgan fingerprint density at radius 1 is 1.38 bits per heavy atom. The summed E-state index contributed by atoms with van der Waals surface area (Å²) in [6, 6.07) is 8.46. The van der Waals surface area contributed by atoms with Crippen LogP contribution < -0.4 is 5.73 Å². The molecular formula is C16H24BrClN2O. The normalized spacial score (nSPS) is 19.8. The molecule has 1 aliphatic heterocycles. The molecule has 1 fully saturated rings. The van der Waals surface area contributed by atoms with Crippen LogP contribution in [0.5, 0.6) is 0 Å².